The van der Waals surface area contributed by atoms with Crippen LogP contribution < -0.4 is 9.47 Å². The van der Waals surface area contributed by atoms with Crippen molar-refractivity contribution in [2.24, 2.45) is 0 Å². The first kappa shape index (κ1) is 17.8. The molecule has 1 heterocycles. The van der Waals surface area contributed by atoms with Crippen LogP contribution in [0.15, 0.2) is 48.5 Å². The Morgan fingerprint density at radius 1 is 0.808 bits per heavy atom. The largest absolute Gasteiger partial charge is 0.492 e. The minimum absolute atomic E-state index is 0.152. The lowest BCUT2D eigenvalue weighted by Crippen LogP contribution is -2.45. The summed E-state index contributed by atoms with van der Waals surface area (Å²) in [5.74, 6) is 0.0514. The maximum atomic E-state index is 8.73. The maximum absolute atomic E-state index is 8.73. The van der Waals surface area contributed by atoms with Crippen molar-refractivity contribution in [2.45, 2.75) is 18.6 Å². The molecule has 1 fully saturated rings. The van der Waals surface area contributed by atoms with E-state index in [1.165, 1.54) is 0 Å². The fourth-order valence-corrected chi connectivity index (χ4v) is 2.77. The van der Waals surface area contributed by atoms with Crippen molar-refractivity contribution in [3.63, 3.8) is 0 Å². The molecule has 6 heteroatoms. The zero-order valence-corrected chi connectivity index (χ0v) is 14.2. The average Bonchev–Trinajstić information content (AvgIpc) is 2.64. The Bertz CT molecular complexity index is 769. The number of ether oxygens (including phenoxy) is 4. The second-order valence-electron chi connectivity index (χ2n) is 5.53. The summed E-state index contributed by atoms with van der Waals surface area (Å²) in [4.78, 5) is 0. The van der Waals surface area contributed by atoms with Gasteiger partial charge in [0.05, 0.1) is 36.1 Å². The fraction of sp³-hybridized carbons (Fsp3) is 0.300. The molecule has 0 unspecified atom stereocenters. The van der Waals surface area contributed by atoms with Gasteiger partial charge < -0.3 is 18.9 Å². The molecule has 0 amide bonds. The van der Waals surface area contributed by atoms with Gasteiger partial charge in [-0.2, -0.15) is 10.5 Å². The van der Waals surface area contributed by atoms with Gasteiger partial charge >= 0.3 is 0 Å². The van der Waals surface area contributed by atoms with Crippen LogP contribution in [0.5, 0.6) is 11.5 Å². The van der Waals surface area contributed by atoms with E-state index in [0.717, 1.165) is 0 Å². The van der Waals surface area contributed by atoms with Crippen LogP contribution in [0, 0.1) is 22.7 Å². The van der Waals surface area contributed by atoms with E-state index in [0.29, 0.717) is 22.6 Å². The van der Waals surface area contributed by atoms with E-state index in [9.17, 15) is 0 Å². The molecule has 1 aliphatic heterocycles. The minimum Gasteiger partial charge on any atom is -0.492 e. The van der Waals surface area contributed by atoms with Gasteiger partial charge in [-0.1, -0.05) is 24.3 Å². The Kier molecular flexibility index (Phi) is 5.70. The summed E-state index contributed by atoms with van der Waals surface area (Å²) in [6, 6.07) is 18.9. The highest BCUT2D eigenvalue weighted by atomic mass is 16.9. The lowest BCUT2D eigenvalue weighted by atomic mass is 9.94. The predicted octanol–water partition coefficient (Wildman–Crippen LogP) is 3.48. The van der Waals surface area contributed by atoms with Gasteiger partial charge in [-0.15, -0.1) is 0 Å². The fourth-order valence-electron chi connectivity index (χ4n) is 2.77. The topological polar surface area (TPSA) is 84.5 Å². The molecule has 1 saturated heterocycles. The summed E-state index contributed by atoms with van der Waals surface area (Å²) in [6.45, 7) is 0.715. The highest BCUT2D eigenvalue weighted by Crippen LogP contribution is 2.48. The molecule has 0 aromatic heterocycles. The molecule has 3 rings (SSSR count). The van der Waals surface area contributed by atoms with E-state index in [1.54, 1.807) is 0 Å². The van der Waals surface area contributed by atoms with Crippen molar-refractivity contribution in [3.05, 3.63) is 59.7 Å². The van der Waals surface area contributed by atoms with Crippen molar-refractivity contribution in [3.8, 4) is 23.6 Å². The number of para-hydroxylation sites is 2. The number of hydrogen-bond donors (Lipinski definition) is 0. The van der Waals surface area contributed by atoms with Gasteiger partial charge in [-0.05, 0) is 24.3 Å². The molecular formula is C20H18N2O4. The van der Waals surface area contributed by atoms with Crippen LogP contribution in [-0.4, -0.2) is 20.0 Å². The Labute approximate surface area is 152 Å². The van der Waals surface area contributed by atoms with Crippen LogP contribution in [0.4, 0.5) is 0 Å². The van der Waals surface area contributed by atoms with Crippen molar-refractivity contribution in [1.82, 2.24) is 0 Å². The molecule has 0 bridgehead atoms. The van der Waals surface area contributed by atoms with E-state index >= 15 is 0 Å². The van der Waals surface area contributed by atoms with Crippen LogP contribution in [0.25, 0.3) is 0 Å². The van der Waals surface area contributed by atoms with Gasteiger partial charge in [0.25, 0.3) is 0 Å². The summed E-state index contributed by atoms with van der Waals surface area (Å²) >= 11 is 0. The lowest BCUT2D eigenvalue weighted by molar-refractivity contribution is -0.386. The normalized spacial score (nSPS) is 14.5. The summed E-state index contributed by atoms with van der Waals surface area (Å²) in [5, 5.41) is 17.5. The van der Waals surface area contributed by atoms with E-state index in [-0.39, 0.29) is 32.8 Å². The van der Waals surface area contributed by atoms with Crippen LogP contribution in [-0.2, 0) is 15.3 Å². The predicted molar refractivity (Wildman–Crippen MR) is 92.2 cm³/mol. The van der Waals surface area contributed by atoms with Crippen molar-refractivity contribution in [2.75, 3.05) is 20.0 Å². The van der Waals surface area contributed by atoms with Gasteiger partial charge in [0.1, 0.15) is 24.7 Å². The molecule has 132 valence electrons. The molecule has 2 aromatic rings. The second kappa shape index (κ2) is 8.35. The summed E-state index contributed by atoms with van der Waals surface area (Å²) in [6.07, 6.45) is 0.577. The molecule has 26 heavy (non-hydrogen) atoms. The monoisotopic (exact) mass is 350 g/mol. The number of nitrogens with zero attached hydrogens (tertiary/aromatic N) is 2. The molecule has 0 radical (unpaired) electrons. The first-order chi connectivity index (χ1) is 12.8. The minimum atomic E-state index is -1.13. The molecule has 0 N–H and O–H groups in total. The second-order valence-corrected chi connectivity index (χ2v) is 5.53. The molecule has 0 spiro atoms. The summed E-state index contributed by atoms with van der Waals surface area (Å²) < 4.78 is 23.3. The molecule has 0 aliphatic carbocycles. The Morgan fingerprint density at radius 2 is 1.27 bits per heavy atom. The molecule has 0 atom stereocenters. The van der Waals surface area contributed by atoms with Gasteiger partial charge in [0, 0.05) is 0 Å². The molecule has 1 aliphatic rings. The smallest absolute Gasteiger partial charge is 0.233 e. The quantitative estimate of drug-likeness (QED) is 0.678. The van der Waals surface area contributed by atoms with E-state index in [4.69, 9.17) is 29.5 Å². The average molecular weight is 350 g/mol. The number of rotatable bonds is 8. The van der Waals surface area contributed by atoms with Crippen molar-refractivity contribution < 1.29 is 18.9 Å². The van der Waals surface area contributed by atoms with Crippen LogP contribution >= 0.6 is 0 Å². The van der Waals surface area contributed by atoms with E-state index in [1.807, 2.05) is 48.5 Å². The van der Waals surface area contributed by atoms with Crippen LogP contribution in [0.1, 0.15) is 24.0 Å². The third kappa shape index (κ3) is 3.48. The first-order valence-electron chi connectivity index (χ1n) is 8.28. The summed E-state index contributed by atoms with van der Waals surface area (Å²) in [5.41, 5.74) is 1.42. The van der Waals surface area contributed by atoms with E-state index in [2.05, 4.69) is 12.1 Å². The third-order valence-electron chi connectivity index (χ3n) is 3.95. The molecular weight excluding hydrogens is 332 g/mol. The van der Waals surface area contributed by atoms with E-state index < -0.39 is 5.79 Å². The standard InChI is InChI=1S/C20H18N2O4/c21-11-5-13-23-18-9-3-1-7-16(18)20(25-15-26-20)17-8-2-4-10-19(17)24-14-6-12-22/h1-4,7-10H,5-6,13-15H2. The molecule has 2 aromatic carbocycles. The Balaban J connectivity index is 1.96. The highest BCUT2D eigenvalue weighted by Gasteiger charge is 2.47. The van der Waals surface area contributed by atoms with Crippen LogP contribution in [0.2, 0.25) is 0 Å². The van der Waals surface area contributed by atoms with Crippen molar-refractivity contribution in [1.29, 1.82) is 10.5 Å². The van der Waals surface area contributed by atoms with Gasteiger partial charge in [-0.3, -0.25) is 0 Å². The van der Waals surface area contributed by atoms with Gasteiger partial charge in [0.2, 0.25) is 5.79 Å². The zero-order chi connectivity index (χ0) is 18.2. The number of nitriles is 2. The molecule has 0 saturated carbocycles. The van der Waals surface area contributed by atoms with Crippen LogP contribution in [0.3, 0.4) is 0 Å². The summed E-state index contributed by atoms with van der Waals surface area (Å²) in [7, 11) is 0. The van der Waals surface area contributed by atoms with Gasteiger partial charge in [-0.25, -0.2) is 0 Å². The molecule has 6 nitrogen and oxygen atoms in total. The maximum Gasteiger partial charge on any atom is 0.233 e. The number of benzene rings is 2. The first-order valence-corrected chi connectivity index (χ1v) is 8.28. The number of hydrogen-bond acceptors (Lipinski definition) is 6. The zero-order valence-electron chi connectivity index (χ0n) is 14.2. The van der Waals surface area contributed by atoms with Crippen molar-refractivity contribution >= 4 is 0 Å². The lowest BCUT2D eigenvalue weighted by Gasteiger charge is -2.43. The third-order valence-corrected chi connectivity index (χ3v) is 3.95. The Hall–Kier alpha value is -3.06. The SMILES string of the molecule is N#CCCOc1ccccc1C1(c2ccccc2OCCC#N)OCO1. The Morgan fingerprint density at radius 3 is 1.65 bits per heavy atom. The van der Waals surface area contributed by atoms with Gasteiger partial charge in [0.15, 0.2) is 6.79 Å². The highest BCUT2D eigenvalue weighted by molar-refractivity contribution is 5.49.